The number of carbonyl (C=O) groups excluding carboxylic acids is 1. The first-order valence-electron chi connectivity index (χ1n) is 9.81. The van der Waals surface area contributed by atoms with Crippen LogP contribution in [0.5, 0.6) is 11.5 Å². The number of ether oxygens (including phenoxy) is 2. The number of hydrogen-bond donors (Lipinski definition) is 1. The molecular weight excluding hydrogens is 376 g/mol. The molecule has 2 aromatic carbocycles. The summed E-state index contributed by atoms with van der Waals surface area (Å²) in [5.74, 6) is 1.66. The Morgan fingerprint density at radius 1 is 1.18 bits per heavy atom. The van der Waals surface area contributed by atoms with Crippen LogP contribution in [-0.2, 0) is 4.79 Å². The van der Waals surface area contributed by atoms with Gasteiger partial charge in [-0.2, -0.15) is 0 Å². The van der Waals surface area contributed by atoms with Crippen LogP contribution in [0.25, 0.3) is 0 Å². The lowest BCUT2D eigenvalue weighted by Crippen LogP contribution is -2.35. The van der Waals surface area contributed by atoms with Crippen LogP contribution in [0.3, 0.4) is 0 Å². The number of amides is 1. The minimum atomic E-state index is 0.0758. The molecule has 28 heavy (non-hydrogen) atoms. The largest absolute Gasteiger partial charge is 0.490 e. The Hall–Kier alpha value is -2.40. The summed E-state index contributed by atoms with van der Waals surface area (Å²) in [6.07, 6.45) is 2.84. The summed E-state index contributed by atoms with van der Waals surface area (Å²) in [6.45, 7) is 4.31. The number of halogens is 1. The van der Waals surface area contributed by atoms with E-state index < -0.39 is 0 Å². The van der Waals surface area contributed by atoms with Crippen LogP contribution in [0.2, 0.25) is 5.02 Å². The standard InChI is InChI=1S/C22H25ClN2O3/c1-15-17(23)5-2-6-18(15)24-14-22(26)25-10-3-7-19(25)16-8-9-20-21(13-16)28-12-4-11-27-20/h2,5-6,8-9,13,19,24H,3-4,7,10-12,14H2,1H3. The highest BCUT2D eigenvalue weighted by molar-refractivity contribution is 6.31. The molecule has 1 unspecified atom stereocenters. The predicted octanol–water partition coefficient (Wildman–Crippen LogP) is 4.59. The van der Waals surface area contributed by atoms with Crippen molar-refractivity contribution in [3.8, 4) is 11.5 Å². The maximum atomic E-state index is 12.9. The van der Waals surface area contributed by atoms with Crippen molar-refractivity contribution in [2.24, 2.45) is 0 Å². The van der Waals surface area contributed by atoms with Crippen molar-refractivity contribution in [1.82, 2.24) is 4.90 Å². The van der Waals surface area contributed by atoms with Crippen molar-refractivity contribution >= 4 is 23.2 Å². The first-order chi connectivity index (χ1) is 13.6. The third-order valence-electron chi connectivity index (χ3n) is 5.43. The van der Waals surface area contributed by atoms with Crippen molar-refractivity contribution in [2.45, 2.75) is 32.2 Å². The van der Waals surface area contributed by atoms with Crippen molar-refractivity contribution in [3.05, 3.63) is 52.5 Å². The first-order valence-corrected chi connectivity index (χ1v) is 10.2. The van der Waals surface area contributed by atoms with Crippen LogP contribution < -0.4 is 14.8 Å². The minimum Gasteiger partial charge on any atom is -0.490 e. The molecular formula is C22H25ClN2O3. The SMILES string of the molecule is Cc1c(Cl)cccc1NCC(=O)N1CCCC1c1ccc2c(c1)OCCCO2. The van der Waals surface area contributed by atoms with Gasteiger partial charge in [0.15, 0.2) is 11.5 Å². The zero-order chi connectivity index (χ0) is 19.5. The van der Waals surface area contributed by atoms with Gasteiger partial charge in [-0.1, -0.05) is 23.7 Å². The molecule has 6 heteroatoms. The molecule has 0 bridgehead atoms. The molecule has 0 saturated carbocycles. The van der Waals surface area contributed by atoms with Gasteiger partial charge >= 0.3 is 0 Å². The van der Waals surface area contributed by atoms with E-state index in [1.54, 1.807) is 0 Å². The molecule has 2 heterocycles. The summed E-state index contributed by atoms with van der Waals surface area (Å²) in [5, 5.41) is 3.94. The molecule has 0 radical (unpaired) electrons. The zero-order valence-electron chi connectivity index (χ0n) is 16.0. The third-order valence-corrected chi connectivity index (χ3v) is 5.84. The maximum Gasteiger partial charge on any atom is 0.242 e. The van der Waals surface area contributed by atoms with E-state index in [-0.39, 0.29) is 18.5 Å². The minimum absolute atomic E-state index is 0.0758. The molecule has 0 spiro atoms. The number of nitrogens with one attached hydrogen (secondary N) is 1. The second-order valence-corrected chi connectivity index (χ2v) is 7.67. The average Bonchev–Trinajstić information content (AvgIpc) is 3.07. The topological polar surface area (TPSA) is 50.8 Å². The van der Waals surface area contributed by atoms with Gasteiger partial charge in [0.25, 0.3) is 0 Å². The van der Waals surface area contributed by atoms with Crippen LogP contribution >= 0.6 is 11.6 Å². The normalized spacial score (nSPS) is 18.6. The summed E-state index contributed by atoms with van der Waals surface area (Å²) >= 11 is 6.17. The van der Waals surface area contributed by atoms with Crippen LogP contribution in [0.1, 0.15) is 36.4 Å². The number of benzene rings is 2. The molecule has 1 amide bonds. The van der Waals surface area contributed by atoms with Gasteiger partial charge in [0, 0.05) is 23.7 Å². The number of hydrogen-bond acceptors (Lipinski definition) is 4. The Morgan fingerprint density at radius 2 is 2.00 bits per heavy atom. The fraction of sp³-hybridized carbons (Fsp3) is 0.409. The van der Waals surface area contributed by atoms with Crippen LogP contribution in [0.4, 0.5) is 5.69 Å². The Labute approximate surface area is 170 Å². The highest BCUT2D eigenvalue weighted by atomic mass is 35.5. The highest BCUT2D eigenvalue weighted by Crippen LogP contribution is 2.38. The molecule has 2 aliphatic heterocycles. The number of rotatable bonds is 4. The summed E-state index contributed by atoms with van der Waals surface area (Å²) < 4.78 is 11.5. The summed E-state index contributed by atoms with van der Waals surface area (Å²) in [6, 6.07) is 11.8. The van der Waals surface area contributed by atoms with Gasteiger partial charge in [-0.15, -0.1) is 0 Å². The molecule has 2 aromatic rings. The van der Waals surface area contributed by atoms with Gasteiger partial charge < -0.3 is 19.7 Å². The number of anilines is 1. The average molecular weight is 401 g/mol. The van der Waals surface area contributed by atoms with Gasteiger partial charge in [0.2, 0.25) is 5.91 Å². The van der Waals surface area contributed by atoms with Gasteiger partial charge in [-0.3, -0.25) is 4.79 Å². The Balaban J connectivity index is 1.46. The molecule has 0 aliphatic carbocycles. The molecule has 148 valence electrons. The summed E-state index contributed by atoms with van der Waals surface area (Å²) in [7, 11) is 0. The van der Waals surface area contributed by atoms with Crippen LogP contribution in [-0.4, -0.2) is 37.1 Å². The zero-order valence-corrected chi connectivity index (χ0v) is 16.8. The van der Waals surface area contributed by atoms with Crippen molar-refractivity contribution < 1.29 is 14.3 Å². The summed E-state index contributed by atoms with van der Waals surface area (Å²) in [4.78, 5) is 14.9. The summed E-state index contributed by atoms with van der Waals surface area (Å²) in [5.41, 5.74) is 2.96. The number of nitrogens with zero attached hydrogens (tertiary/aromatic N) is 1. The highest BCUT2D eigenvalue weighted by Gasteiger charge is 2.30. The lowest BCUT2D eigenvalue weighted by molar-refractivity contribution is -0.130. The van der Waals surface area contributed by atoms with E-state index in [2.05, 4.69) is 11.4 Å². The molecule has 1 fully saturated rings. The molecule has 5 nitrogen and oxygen atoms in total. The maximum absolute atomic E-state index is 12.9. The van der Waals surface area contributed by atoms with E-state index >= 15 is 0 Å². The predicted molar refractivity (Wildman–Crippen MR) is 110 cm³/mol. The molecule has 0 aromatic heterocycles. The van der Waals surface area contributed by atoms with Gasteiger partial charge in [-0.05, 0) is 55.2 Å². The fourth-order valence-electron chi connectivity index (χ4n) is 3.87. The number of fused-ring (bicyclic) bond motifs is 1. The fourth-order valence-corrected chi connectivity index (χ4v) is 4.04. The second-order valence-electron chi connectivity index (χ2n) is 7.27. The smallest absolute Gasteiger partial charge is 0.242 e. The quantitative estimate of drug-likeness (QED) is 0.815. The van der Waals surface area contributed by atoms with Crippen LogP contribution in [0, 0.1) is 6.92 Å². The van der Waals surface area contributed by atoms with E-state index in [0.717, 1.165) is 54.1 Å². The lowest BCUT2D eigenvalue weighted by Gasteiger charge is -2.26. The third kappa shape index (κ3) is 3.90. The van der Waals surface area contributed by atoms with Gasteiger partial charge in [0.1, 0.15) is 0 Å². The monoisotopic (exact) mass is 400 g/mol. The molecule has 2 aliphatic rings. The Morgan fingerprint density at radius 3 is 2.86 bits per heavy atom. The molecule has 1 N–H and O–H groups in total. The van der Waals surface area contributed by atoms with Gasteiger partial charge in [0.05, 0.1) is 25.8 Å². The van der Waals surface area contributed by atoms with E-state index in [4.69, 9.17) is 21.1 Å². The Kier molecular flexibility index (Phi) is 5.62. The van der Waals surface area contributed by atoms with Crippen molar-refractivity contribution in [3.63, 3.8) is 0 Å². The van der Waals surface area contributed by atoms with Gasteiger partial charge in [-0.25, -0.2) is 0 Å². The molecule has 4 rings (SSSR count). The first kappa shape index (κ1) is 18.9. The number of carbonyl (C=O) groups is 1. The van der Waals surface area contributed by atoms with Crippen molar-refractivity contribution in [2.75, 3.05) is 31.6 Å². The van der Waals surface area contributed by atoms with E-state index in [0.29, 0.717) is 18.2 Å². The van der Waals surface area contributed by atoms with E-state index in [1.165, 1.54) is 0 Å². The number of likely N-dealkylation sites (tertiary alicyclic amines) is 1. The van der Waals surface area contributed by atoms with E-state index in [1.807, 2.05) is 42.2 Å². The van der Waals surface area contributed by atoms with Crippen LogP contribution in [0.15, 0.2) is 36.4 Å². The van der Waals surface area contributed by atoms with Crippen molar-refractivity contribution in [1.29, 1.82) is 0 Å². The Bertz CT molecular complexity index is 871. The molecule has 1 saturated heterocycles. The molecule has 1 atom stereocenters. The lowest BCUT2D eigenvalue weighted by atomic mass is 10.0. The van der Waals surface area contributed by atoms with E-state index in [9.17, 15) is 4.79 Å². The second kappa shape index (κ2) is 8.31.